The Balaban J connectivity index is 1.60. The molecule has 1 atom stereocenters. The lowest BCUT2D eigenvalue weighted by Gasteiger charge is -2.18. The number of carbonyl (C=O) groups excluding carboxylic acids is 1. The average Bonchev–Trinajstić information content (AvgIpc) is 3.28. The zero-order chi connectivity index (χ0) is 29.2. The highest BCUT2D eigenvalue weighted by atomic mass is 35.5. The summed E-state index contributed by atoms with van der Waals surface area (Å²) in [5.41, 5.74) is 7.16. The molecule has 11 heteroatoms. The number of rotatable bonds is 9. The molecular weight excluding hydrogens is 565 g/mol. The smallest absolute Gasteiger partial charge is 0.416 e. The first-order valence-electron chi connectivity index (χ1n) is 12.6. The topological polar surface area (TPSA) is 102 Å². The molecule has 0 spiro atoms. The minimum Gasteiger partial charge on any atom is -0.460 e. The number of alkyl halides is 3. The van der Waals surface area contributed by atoms with Crippen LogP contribution in [0.4, 0.5) is 13.2 Å². The SMILES string of the molecule is CCc1c(Cc2ccc(Cl)cc2C(F)(F)F)oc2cc(C(=O)NC(CN)c3ccc(S(=O)(=O)CC)cc3)ccc12. The van der Waals surface area contributed by atoms with Gasteiger partial charge < -0.3 is 15.5 Å². The van der Waals surface area contributed by atoms with E-state index < -0.39 is 33.5 Å². The van der Waals surface area contributed by atoms with Crippen LogP contribution in [0.15, 0.2) is 70.0 Å². The van der Waals surface area contributed by atoms with E-state index in [-0.39, 0.29) is 39.8 Å². The fourth-order valence-corrected chi connectivity index (χ4v) is 5.66. The van der Waals surface area contributed by atoms with Gasteiger partial charge in [-0.1, -0.05) is 49.7 Å². The second kappa shape index (κ2) is 11.6. The van der Waals surface area contributed by atoms with Gasteiger partial charge in [-0.2, -0.15) is 13.2 Å². The van der Waals surface area contributed by atoms with Crippen molar-refractivity contribution in [3.63, 3.8) is 0 Å². The number of carbonyl (C=O) groups is 1. The predicted octanol–water partition coefficient (Wildman–Crippen LogP) is 6.48. The minimum absolute atomic E-state index is 0.00947. The number of hydrogen-bond acceptors (Lipinski definition) is 5. The number of hydrogen-bond donors (Lipinski definition) is 2. The molecule has 0 saturated heterocycles. The average molecular weight is 593 g/mol. The molecule has 0 bridgehead atoms. The highest BCUT2D eigenvalue weighted by molar-refractivity contribution is 7.91. The van der Waals surface area contributed by atoms with Crippen molar-refractivity contribution >= 4 is 38.3 Å². The summed E-state index contributed by atoms with van der Waals surface area (Å²) in [4.78, 5) is 13.3. The molecule has 0 radical (unpaired) electrons. The van der Waals surface area contributed by atoms with Crippen LogP contribution in [-0.2, 0) is 28.9 Å². The van der Waals surface area contributed by atoms with Gasteiger partial charge >= 0.3 is 6.18 Å². The van der Waals surface area contributed by atoms with Gasteiger partial charge in [0.1, 0.15) is 11.3 Å². The molecule has 0 fully saturated rings. The standard InChI is InChI=1S/C29H28ClF3N2O4S/c1-3-22-23-12-8-19(28(36)35-25(16-34)17-6-10-21(11-7-17)40(37,38)4-2)14-27(23)39-26(22)13-18-5-9-20(30)15-24(18)29(31,32)33/h5-12,14-15,25H,3-4,13,16,34H2,1-2H3,(H,35,36). The summed E-state index contributed by atoms with van der Waals surface area (Å²) >= 11 is 5.82. The number of benzene rings is 3. The quantitative estimate of drug-likeness (QED) is 0.231. The van der Waals surface area contributed by atoms with Gasteiger partial charge in [0.2, 0.25) is 0 Å². The maximum absolute atomic E-state index is 13.6. The second-order valence-electron chi connectivity index (χ2n) is 9.28. The summed E-state index contributed by atoms with van der Waals surface area (Å²) in [6.07, 6.45) is -4.15. The van der Waals surface area contributed by atoms with E-state index in [9.17, 15) is 26.4 Å². The Hall–Kier alpha value is -3.34. The fourth-order valence-electron chi connectivity index (χ4n) is 4.61. The monoisotopic (exact) mass is 592 g/mol. The molecule has 1 aromatic heterocycles. The van der Waals surface area contributed by atoms with Crippen LogP contribution < -0.4 is 11.1 Å². The maximum atomic E-state index is 13.6. The van der Waals surface area contributed by atoms with Gasteiger partial charge in [-0.15, -0.1) is 0 Å². The summed E-state index contributed by atoms with van der Waals surface area (Å²) in [6.45, 7) is 3.51. The molecule has 3 aromatic carbocycles. The number of aryl methyl sites for hydroxylation is 1. The lowest BCUT2D eigenvalue weighted by Crippen LogP contribution is -2.33. The van der Waals surface area contributed by atoms with Crippen LogP contribution in [0, 0.1) is 0 Å². The lowest BCUT2D eigenvalue weighted by molar-refractivity contribution is -0.138. The van der Waals surface area contributed by atoms with Crippen molar-refractivity contribution in [2.45, 2.75) is 43.8 Å². The van der Waals surface area contributed by atoms with Crippen LogP contribution in [0.25, 0.3) is 11.0 Å². The van der Waals surface area contributed by atoms with Crippen molar-refractivity contribution in [2.75, 3.05) is 12.3 Å². The summed E-state index contributed by atoms with van der Waals surface area (Å²) in [7, 11) is -3.36. The second-order valence-corrected chi connectivity index (χ2v) is 12.0. The van der Waals surface area contributed by atoms with Gasteiger partial charge in [-0.05, 0) is 53.9 Å². The summed E-state index contributed by atoms with van der Waals surface area (Å²) in [5, 5.41) is 3.55. The van der Waals surface area contributed by atoms with Crippen molar-refractivity contribution < 1.29 is 30.8 Å². The first-order chi connectivity index (χ1) is 18.9. The molecule has 3 N–H and O–H groups in total. The molecule has 0 aliphatic carbocycles. The molecule has 4 rings (SSSR count). The molecule has 0 aliphatic rings. The number of nitrogens with two attached hydrogens (primary N) is 1. The molecule has 0 aliphatic heterocycles. The molecule has 4 aromatic rings. The lowest BCUT2D eigenvalue weighted by atomic mass is 9.99. The van der Waals surface area contributed by atoms with E-state index in [0.29, 0.717) is 28.7 Å². The summed E-state index contributed by atoms with van der Waals surface area (Å²) < 4.78 is 71.1. The van der Waals surface area contributed by atoms with E-state index >= 15 is 0 Å². The Morgan fingerprint density at radius 1 is 1.05 bits per heavy atom. The Kier molecular flexibility index (Phi) is 8.63. The van der Waals surface area contributed by atoms with Crippen LogP contribution in [-0.4, -0.2) is 26.6 Å². The van der Waals surface area contributed by atoms with E-state index in [2.05, 4.69) is 5.32 Å². The molecule has 212 valence electrons. The summed E-state index contributed by atoms with van der Waals surface area (Å²) in [6, 6.07) is 14.1. The Labute approximate surface area is 235 Å². The van der Waals surface area contributed by atoms with Crippen molar-refractivity contribution in [1.29, 1.82) is 0 Å². The molecule has 6 nitrogen and oxygen atoms in total. The highest BCUT2D eigenvalue weighted by Gasteiger charge is 2.34. The van der Waals surface area contributed by atoms with E-state index in [1.54, 1.807) is 37.3 Å². The molecular formula is C29H28ClF3N2O4S. The number of halogens is 4. The molecule has 1 unspecified atom stereocenters. The Morgan fingerprint density at radius 3 is 2.35 bits per heavy atom. The van der Waals surface area contributed by atoms with Gasteiger partial charge in [0.15, 0.2) is 9.84 Å². The third-order valence-corrected chi connectivity index (χ3v) is 8.77. The number of fused-ring (bicyclic) bond motifs is 1. The number of nitrogens with one attached hydrogen (secondary N) is 1. The van der Waals surface area contributed by atoms with Crippen molar-refractivity contribution in [2.24, 2.45) is 5.73 Å². The zero-order valence-corrected chi connectivity index (χ0v) is 23.4. The predicted molar refractivity (Wildman–Crippen MR) is 148 cm³/mol. The first-order valence-corrected chi connectivity index (χ1v) is 14.6. The van der Waals surface area contributed by atoms with E-state index in [0.717, 1.165) is 11.6 Å². The number of furan rings is 1. The molecule has 1 heterocycles. The van der Waals surface area contributed by atoms with E-state index in [1.807, 2.05) is 6.92 Å². The van der Waals surface area contributed by atoms with Gasteiger partial charge in [0.05, 0.1) is 22.3 Å². The molecule has 40 heavy (non-hydrogen) atoms. The number of sulfone groups is 1. The van der Waals surface area contributed by atoms with Crippen LogP contribution >= 0.6 is 11.6 Å². The Bertz CT molecular complexity index is 1650. The third kappa shape index (κ3) is 6.19. The molecule has 0 saturated carbocycles. The van der Waals surface area contributed by atoms with Crippen LogP contribution in [0.5, 0.6) is 0 Å². The van der Waals surface area contributed by atoms with Gasteiger partial charge in [0.25, 0.3) is 5.91 Å². The normalized spacial score (nSPS) is 13.0. The third-order valence-electron chi connectivity index (χ3n) is 6.78. The van der Waals surface area contributed by atoms with Gasteiger partial charge in [-0.3, -0.25) is 4.79 Å². The van der Waals surface area contributed by atoms with Crippen molar-refractivity contribution in [1.82, 2.24) is 5.32 Å². The van der Waals surface area contributed by atoms with Crippen molar-refractivity contribution in [3.8, 4) is 0 Å². The molecule has 1 amide bonds. The maximum Gasteiger partial charge on any atom is 0.416 e. The Morgan fingerprint density at radius 2 is 1.75 bits per heavy atom. The fraction of sp³-hybridized carbons (Fsp3) is 0.276. The van der Waals surface area contributed by atoms with Gasteiger partial charge in [-0.25, -0.2) is 8.42 Å². The highest BCUT2D eigenvalue weighted by Crippen LogP contribution is 2.36. The van der Waals surface area contributed by atoms with E-state index in [4.69, 9.17) is 21.8 Å². The van der Waals surface area contributed by atoms with Crippen LogP contribution in [0.2, 0.25) is 5.02 Å². The largest absolute Gasteiger partial charge is 0.460 e. The van der Waals surface area contributed by atoms with Crippen LogP contribution in [0.1, 0.15) is 58.3 Å². The number of amides is 1. The first kappa shape index (κ1) is 29.6. The van der Waals surface area contributed by atoms with Crippen LogP contribution in [0.3, 0.4) is 0 Å². The van der Waals surface area contributed by atoms with Gasteiger partial charge in [0, 0.05) is 34.5 Å². The van der Waals surface area contributed by atoms with E-state index in [1.165, 1.54) is 24.3 Å². The van der Waals surface area contributed by atoms with Crippen molar-refractivity contribution in [3.05, 3.63) is 99.3 Å². The summed E-state index contributed by atoms with van der Waals surface area (Å²) in [5.74, 6) is -0.0796. The minimum atomic E-state index is -4.58. The zero-order valence-electron chi connectivity index (χ0n) is 21.8.